The van der Waals surface area contributed by atoms with Crippen molar-refractivity contribution in [1.29, 1.82) is 0 Å². The van der Waals surface area contributed by atoms with Crippen LogP contribution in [0.1, 0.15) is 38.7 Å². The average molecular weight is 347 g/mol. The second-order valence-electron chi connectivity index (χ2n) is 5.95. The summed E-state index contributed by atoms with van der Waals surface area (Å²) in [5.74, 6) is 0.433. The first-order valence-electron chi connectivity index (χ1n) is 8.53. The van der Waals surface area contributed by atoms with Crippen LogP contribution in [0.25, 0.3) is 6.08 Å². The normalized spacial score (nSPS) is 14.8. The van der Waals surface area contributed by atoms with E-state index in [0.717, 1.165) is 24.8 Å². The molecule has 1 aromatic rings. The maximum atomic E-state index is 11.9. The number of amides is 1. The van der Waals surface area contributed by atoms with Crippen molar-refractivity contribution in [2.75, 3.05) is 13.7 Å². The summed E-state index contributed by atoms with van der Waals surface area (Å²) in [4.78, 5) is 23.6. The van der Waals surface area contributed by atoms with Crippen LogP contribution >= 0.6 is 0 Å². The van der Waals surface area contributed by atoms with Crippen molar-refractivity contribution in [2.45, 2.75) is 45.3 Å². The molecule has 0 radical (unpaired) electrons. The Morgan fingerprint density at radius 3 is 2.72 bits per heavy atom. The maximum absolute atomic E-state index is 11.9. The molecule has 1 aromatic carbocycles. The monoisotopic (exact) mass is 347 g/mol. The average Bonchev–Trinajstić information content (AvgIpc) is 3.42. The Balaban J connectivity index is 1.90. The first-order valence-corrected chi connectivity index (χ1v) is 8.53. The molecule has 1 saturated carbocycles. The van der Waals surface area contributed by atoms with Gasteiger partial charge in [-0.05, 0) is 50.0 Å². The molecular weight excluding hydrogens is 322 g/mol. The van der Waals surface area contributed by atoms with Gasteiger partial charge in [0, 0.05) is 12.1 Å². The van der Waals surface area contributed by atoms with Crippen LogP contribution in [0, 0.1) is 0 Å². The standard InChI is InChI=1S/C19H25NO5/c1-4-11-24-16-9-5-14(12-17(16)23-3)6-10-18(21)25-13(2)19(22)20-15-7-8-15/h5-6,9-10,12-13,15H,4,7-8,11H2,1-3H3,(H,20,22)/b10-6+/t13-/m1/s1. The summed E-state index contributed by atoms with van der Waals surface area (Å²) >= 11 is 0. The number of hydrogen-bond acceptors (Lipinski definition) is 5. The third-order valence-electron chi connectivity index (χ3n) is 3.65. The van der Waals surface area contributed by atoms with Crippen LogP contribution in [0.15, 0.2) is 24.3 Å². The molecule has 0 heterocycles. The molecule has 6 heteroatoms. The van der Waals surface area contributed by atoms with Gasteiger partial charge < -0.3 is 19.5 Å². The molecule has 0 aliphatic heterocycles. The number of ether oxygens (including phenoxy) is 3. The summed E-state index contributed by atoms with van der Waals surface area (Å²) in [6.45, 7) is 4.20. The molecule has 136 valence electrons. The number of nitrogens with one attached hydrogen (secondary N) is 1. The first kappa shape index (κ1) is 18.8. The molecule has 0 spiro atoms. The largest absolute Gasteiger partial charge is 0.493 e. The van der Waals surface area contributed by atoms with Crippen LogP contribution in [-0.4, -0.2) is 37.7 Å². The molecule has 0 bridgehead atoms. The van der Waals surface area contributed by atoms with Gasteiger partial charge in [-0.25, -0.2) is 4.79 Å². The van der Waals surface area contributed by atoms with Crippen LogP contribution in [0.4, 0.5) is 0 Å². The summed E-state index contributed by atoms with van der Waals surface area (Å²) < 4.78 is 16.0. The van der Waals surface area contributed by atoms with Crippen LogP contribution in [0.2, 0.25) is 0 Å². The molecular formula is C19H25NO5. The number of carbonyl (C=O) groups excluding carboxylic acids is 2. The Morgan fingerprint density at radius 2 is 2.08 bits per heavy atom. The summed E-state index contributed by atoms with van der Waals surface area (Å²) in [7, 11) is 1.57. The number of methoxy groups -OCH3 is 1. The predicted octanol–water partition coefficient (Wildman–Crippen LogP) is 2.71. The molecule has 1 aliphatic carbocycles. The molecule has 1 amide bonds. The fourth-order valence-corrected chi connectivity index (χ4v) is 2.10. The van der Waals surface area contributed by atoms with Crippen LogP contribution in [0.3, 0.4) is 0 Å². The maximum Gasteiger partial charge on any atom is 0.331 e. The highest BCUT2D eigenvalue weighted by molar-refractivity contribution is 5.90. The van der Waals surface area contributed by atoms with Crippen molar-refractivity contribution in [3.63, 3.8) is 0 Å². The van der Waals surface area contributed by atoms with Gasteiger partial charge in [-0.15, -0.1) is 0 Å². The quantitative estimate of drug-likeness (QED) is 0.549. The fraction of sp³-hybridized carbons (Fsp3) is 0.474. The third-order valence-corrected chi connectivity index (χ3v) is 3.65. The first-order chi connectivity index (χ1) is 12.0. The molecule has 0 aromatic heterocycles. The van der Waals surface area contributed by atoms with Crippen molar-refractivity contribution in [3.8, 4) is 11.5 Å². The van der Waals surface area contributed by atoms with E-state index in [2.05, 4.69) is 5.32 Å². The van der Waals surface area contributed by atoms with Gasteiger partial charge in [0.05, 0.1) is 13.7 Å². The molecule has 1 aliphatic rings. The molecule has 1 N–H and O–H groups in total. The van der Waals surface area contributed by atoms with Gasteiger partial charge in [0.15, 0.2) is 17.6 Å². The topological polar surface area (TPSA) is 73.9 Å². The smallest absolute Gasteiger partial charge is 0.331 e. The van der Waals surface area contributed by atoms with E-state index < -0.39 is 12.1 Å². The fourth-order valence-electron chi connectivity index (χ4n) is 2.10. The number of hydrogen-bond donors (Lipinski definition) is 1. The van der Waals surface area contributed by atoms with Crippen molar-refractivity contribution in [2.24, 2.45) is 0 Å². The van der Waals surface area contributed by atoms with Crippen molar-refractivity contribution < 1.29 is 23.8 Å². The lowest BCUT2D eigenvalue weighted by Gasteiger charge is -2.12. The Kier molecular flexibility index (Phi) is 6.86. The molecule has 1 fully saturated rings. The van der Waals surface area contributed by atoms with Crippen LogP contribution in [0.5, 0.6) is 11.5 Å². The minimum Gasteiger partial charge on any atom is -0.493 e. The molecule has 0 unspecified atom stereocenters. The van der Waals surface area contributed by atoms with Gasteiger partial charge in [0.1, 0.15) is 0 Å². The Morgan fingerprint density at radius 1 is 1.32 bits per heavy atom. The number of carbonyl (C=O) groups is 2. The summed E-state index contributed by atoms with van der Waals surface area (Å²) in [5, 5.41) is 2.80. The van der Waals surface area contributed by atoms with Crippen molar-refractivity contribution in [3.05, 3.63) is 29.8 Å². The highest BCUT2D eigenvalue weighted by atomic mass is 16.5. The highest BCUT2D eigenvalue weighted by Crippen LogP contribution is 2.28. The second-order valence-corrected chi connectivity index (χ2v) is 5.95. The highest BCUT2D eigenvalue weighted by Gasteiger charge is 2.26. The third kappa shape index (κ3) is 6.14. The van der Waals surface area contributed by atoms with Gasteiger partial charge in [-0.2, -0.15) is 0 Å². The molecule has 6 nitrogen and oxygen atoms in total. The van der Waals surface area contributed by atoms with Gasteiger partial charge in [0.2, 0.25) is 0 Å². The minimum absolute atomic E-state index is 0.241. The van der Waals surface area contributed by atoms with E-state index in [1.165, 1.54) is 6.08 Å². The minimum atomic E-state index is -0.808. The van der Waals surface area contributed by atoms with Crippen molar-refractivity contribution in [1.82, 2.24) is 5.32 Å². The zero-order valence-electron chi connectivity index (χ0n) is 14.9. The lowest BCUT2D eigenvalue weighted by Crippen LogP contribution is -2.36. The summed E-state index contributed by atoms with van der Waals surface area (Å²) in [6.07, 6.45) is 4.99. The zero-order valence-corrected chi connectivity index (χ0v) is 14.9. The van der Waals surface area contributed by atoms with E-state index in [1.807, 2.05) is 13.0 Å². The second kappa shape index (κ2) is 9.11. The Bertz CT molecular complexity index is 637. The van der Waals surface area contributed by atoms with E-state index >= 15 is 0 Å². The van der Waals surface area contributed by atoms with Gasteiger partial charge in [-0.3, -0.25) is 4.79 Å². The summed E-state index contributed by atoms with van der Waals surface area (Å²) in [6, 6.07) is 5.63. The Hall–Kier alpha value is -2.50. The van der Waals surface area contributed by atoms with Crippen LogP contribution in [-0.2, 0) is 14.3 Å². The molecule has 0 saturated heterocycles. The van der Waals surface area contributed by atoms with Gasteiger partial charge in [0.25, 0.3) is 5.91 Å². The summed E-state index contributed by atoms with van der Waals surface area (Å²) in [5.41, 5.74) is 0.771. The number of esters is 1. The van der Waals surface area contributed by atoms with E-state index in [4.69, 9.17) is 14.2 Å². The van der Waals surface area contributed by atoms with Gasteiger partial charge >= 0.3 is 5.97 Å². The molecule has 25 heavy (non-hydrogen) atoms. The van der Waals surface area contributed by atoms with Crippen molar-refractivity contribution >= 4 is 18.0 Å². The lowest BCUT2D eigenvalue weighted by atomic mass is 10.2. The molecule has 1 atom stereocenters. The molecule has 2 rings (SSSR count). The predicted molar refractivity (Wildman–Crippen MR) is 94.5 cm³/mol. The van der Waals surface area contributed by atoms with E-state index in [9.17, 15) is 9.59 Å². The SMILES string of the molecule is CCCOc1ccc(/C=C/C(=O)O[C@H](C)C(=O)NC2CC2)cc1OC. The van der Waals surface area contributed by atoms with E-state index in [0.29, 0.717) is 18.1 Å². The van der Waals surface area contributed by atoms with E-state index in [-0.39, 0.29) is 11.9 Å². The zero-order chi connectivity index (χ0) is 18.2. The van der Waals surface area contributed by atoms with Gasteiger partial charge in [-0.1, -0.05) is 13.0 Å². The lowest BCUT2D eigenvalue weighted by molar-refractivity contribution is -0.150. The Labute approximate surface area is 148 Å². The van der Waals surface area contributed by atoms with Crippen LogP contribution < -0.4 is 14.8 Å². The number of benzene rings is 1. The van der Waals surface area contributed by atoms with E-state index in [1.54, 1.807) is 32.2 Å². The number of rotatable bonds is 9.